The summed E-state index contributed by atoms with van der Waals surface area (Å²) in [5.41, 5.74) is 6.88. The Hall–Kier alpha value is -2.76. The van der Waals surface area contributed by atoms with Gasteiger partial charge in [0.25, 0.3) is 5.91 Å². The highest BCUT2D eigenvalue weighted by atomic mass is 16.5. The molecule has 1 amide bonds. The number of pyridine rings is 1. The molecular formula is C15H18N4O2. The number of carbonyl (C=O) groups is 1. The number of hydrogen-bond donors (Lipinski definition) is 3. The first-order valence-corrected chi connectivity index (χ1v) is 6.57. The number of amides is 1. The molecule has 1 aromatic heterocycles. The van der Waals surface area contributed by atoms with Crippen molar-refractivity contribution in [3.8, 4) is 5.75 Å². The van der Waals surface area contributed by atoms with Crippen LogP contribution >= 0.6 is 0 Å². The standard InChI is InChI=1S/C15H18N4O2/c1-21-13-5-3-2-4-12(13)15(20)18-9-8-17-11-6-7-14(16)19-10-11/h2-7,10,17H,8-9H2,1H3,(H2,16,19)(H,18,20). The Labute approximate surface area is 123 Å². The average Bonchev–Trinajstić information content (AvgIpc) is 2.53. The maximum absolute atomic E-state index is 12.0. The van der Waals surface area contributed by atoms with Gasteiger partial charge in [0.2, 0.25) is 0 Å². The molecule has 2 rings (SSSR count). The van der Waals surface area contributed by atoms with Crippen LogP contribution in [0.5, 0.6) is 5.75 Å². The lowest BCUT2D eigenvalue weighted by Gasteiger charge is -2.10. The number of rotatable bonds is 6. The minimum atomic E-state index is -0.162. The van der Waals surface area contributed by atoms with Gasteiger partial charge in [-0.2, -0.15) is 0 Å². The molecule has 0 spiro atoms. The third kappa shape index (κ3) is 4.10. The Morgan fingerprint density at radius 3 is 2.76 bits per heavy atom. The van der Waals surface area contributed by atoms with Crippen LogP contribution in [-0.2, 0) is 0 Å². The van der Waals surface area contributed by atoms with Crippen LogP contribution in [-0.4, -0.2) is 31.1 Å². The van der Waals surface area contributed by atoms with E-state index in [2.05, 4.69) is 15.6 Å². The van der Waals surface area contributed by atoms with Gasteiger partial charge in [0, 0.05) is 13.1 Å². The second-order valence-corrected chi connectivity index (χ2v) is 4.35. The zero-order valence-corrected chi connectivity index (χ0v) is 11.8. The minimum Gasteiger partial charge on any atom is -0.496 e. The second-order valence-electron chi connectivity index (χ2n) is 4.35. The van der Waals surface area contributed by atoms with Crippen molar-refractivity contribution >= 4 is 17.4 Å². The summed E-state index contributed by atoms with van der Waals surface area (Å²) >= 11 is 0. The molecule has 0 aliphatic heterocycles. The first-order chi connectivity index (χ1) is 10.2. The maximum atomic E-state index is 12.0. The summed E-state index contributed by atoms with van der Waals surface area (Å²) in [5.74, 6) is 0.875. The molecule has 0 saturated heterocycles. The summed E-state index contributed by atoms with van der Waals surface area (Å²) in [6.45, 7) is 1.08. The van der Waals surface area contributed by atoms with Crippen molar-refractivity contribution < 1.29 is 9.53 Å². The molecule has 4 N–H and O–H groups in total. The van der Waals surface area contributed by atoms with Gasteiger partial charge in [0.1, 0.15) is 11.6 Å². The largest absolute Gasteiger partial charge is 0.496 e. The molecule has 1 heterocycles. The van der Waals surface area contributed by atoms with E-state index in [-0.39, 0.29) is 5.91 Å². The normalized spacial score (nSPS) is 9.95. The lowest BCUT2D eigenvalue weighted by Crippen LogP contribution is -2.29. The van der Waals surface area contributed by atoms with Crippen molar-refractivity contribution in [2.24, 2.45) is 0 Å². The number of nitrogens with two attached hydrogens (primary N) is 1. The first-order valence-electron chi connectivity index (χ1n) is 6.57. The Kier molecular flexibility index (Phi) is 4.98. The van der Waals surface area contributed by atoms with Gasteiger partial charge in [0.05, 0.1) is 24.6 Å². The molecule has 0 fully saturated rings. The van der Waals surface area contributed by atoms with E-state index in [9.17, 15) is 4.79 Å². The molecule has 0 aliphatic rings. The van der Waals surface area contributed by atoms with Crippen LogP contribution in [0.25, 0.3) is 0 Å². The summed E-state index contributed by atoms with van der Waals surface area (Å²) < 4.78 is 5.16. The SMILES string of the molecule is COc1ccccc1C(=O)NCCNc1ccc(N)nc1. The summed E-state index contributed by atoms with van der Waals surface area (Å²) in [7, 11) is 1.54. The Morgan fingerprint density at radius 2 is 2.05 bits per heavy atom. The molecule has 0 saturated carbocycles. The van der Waals surface area contributed by atoms with Crippen LogP contribution in [0.15, 0.2) is 42.6 Å². The number of nitrogens with zero attached hydrogens (tertiary/aromatic N) is 1. The highest BCUT2D eigenvalue weighted by Crippen LogP contribution is 2.16. The van der Waals surface area contributed by atoms with Crippen LogP contribution in [0.3, 0.4) is 0 Å². The molecule has 2 aromatic rings. The predicted octanol–water partition coefficient (Wildman–Crippen LogP) is 1.51. The van der Waals surface area contributed by atoms with E-state index in [1.165, 1.54) is 0 Å². The minimum absolute atomic E-state index is 0.162. The fraction of sp³-hybridized carbons (Fsp3) is 0.200. The summed E-state index contributed by atoms with van der Waals surface area (Å²) in [5, 5.41) is 5.97. The zero-order chi connectivity index (χ0) is 15.1. The van der Waals surface area contributed by atoms with Gasteiger partial charge in [-0.25, -0.2) is 4.98 Å². The van der Waals surface area contributed by atoms with Crippen molar-refractivity contribution in [3.05, 3.63) is 48.2 Å². The highest BCUT2D eigenvalue weighted by molar-refractivity contribution is 5.96. The number of ether oxygens (including phenoxy) is 1. The predicted molar refractivity (Wildman–Crippen MR) is 82.5 cm³/mol. The topological polar surface area (TPSA) is 89.3 Å². The van der Waals surface area contributed by atoms with Crippen LogP contribution in [0.4, 0.5) is 11.5 Å². The van der Waals surface area contributed by atoms with Crippen LogP contribution in [0.1, 0.15) is 10.4 Å². The van der Waals surface area contributed by atoms with Gasteiger partial charge in [-0.05, 0) is 24.3 Å². The molecule has 0 radical (unpaired) electrons. The molecule has 0 aliphatic carbocycles. The van der Waals surface area contributed by atoms with Crippen molar-refractivity contribution in [2.75, 3.05) is 31.2 Å². The first kappa shape index (κ1) is 14.6. The number of nitrogen functional groups attached to an aromatic ring is 1. The van der Waals surface area contributed by atoms with E-state index in [0.717, 1.165) is 5.69 Å². The Balaban J connectivity index is 1.80. The van der Waals surface area contributed by atoms with Crippen molar-refractivity contribution in [2.45, 2.75) is 0 Å². The van der Waals surface area contributed by atoms with Gasteiger partial charge in [-0.3, -0.25) is 4.79 Å². The zero-order valence-electron chi connectivity index (χ0n) is 11.8. The van der Waals surface area contributed by atoms with Gasteiger partial charge in [-0.15, -0.1) is 0 Å². The number of carbonyl (C=O) groups excluding carboxylic acids is 1. The monoisotopic (exact) mass is 286 g/mol. The summed E-state index contributed by atoms with van der Waals surface area (Å²) in [6, 6.07) is 10.7. The Morgan fingerprint density at radius 1 is 1.24 bits per heavy atom. The average molecular weight is 286 g/mol. The van der Waals surface area contributed by atoms with E-state index in [1.54, 1.807) is 37.6 Å². The third-order valence-electron chi connectivity index (χ3n) is 2.88. The van der Waals surface area contributed by atoms with Crippen molar-refractivity contribution in [1.29, 1.82) is 0 Å². The van der Waals surface area contributed by atoms with Crippen LogP contribution < -0.4 is 21.1 Å². The summed E-state index contributed by atoms with van der Waals surface area (Å²) in [6.07, 6.45) is 1.65. The number of benzene rings is 1. The van der Waals surface area contributed by atoms with E-state index >= 15 is 0 Å². The Bertz CT molecular complexity index is 599. The molecular weight excluding hydrogens is 268 g/mol. The fourth-order valence-electron chi connectivity index (χ4n) is 1.82. The van der Waals surface area contributed by atoms with Gasteiger partial charge < -0.3 is 21.1 Å². The van der Waals surface area contributed by atoms with Crippen LogP contribution in [0.2, 0.25) is 0 Å². The van der Waals surface area contributed by atoms with Crippen molar-refractivity contribution in [1.82, 2.24) is 10.3 Å². The quantitative estimate of drug-likeness (QED) is 0.700. The number of nitrogens with one attached hydrogen (secondary N) is 2. The smallest absolute Gasteiger partial charge is 0.255 e. The molecule has 6 heteroatoms. The lowest BCUT2D eigenvalue weighted by molar-refractivity contribution is 0.0952. The molecule has 0 atom stereocenters. The molecule has 0 bridgehead atoms. The number of hydrogen-bond acceptors (Lipinski definition) is 5. The van der Waals surface area contributed by atoms with Gasteiger partial charge in [-0.1, -0.05) is 12.1 Å². The maximum Gasteiger partial charge on any atom is 0.255 e. The van der Waals surface area contributed by atoms with Gasteiger partial charge in [0.15, 0.2) is 0 Å². The fourth-order valence-corrected chi connectivity index (χ4v) is 1.82. The van der Waals surface area contributed by atoms with Gasteiger partial charge >= 0.3 is 0 Å². The van der Waals surface area contributed by atoms with E-state index < -0.39 is 0 Å². The summed E-state index contributed by atoms with van der Waals surface area (Å²) in [4.78, 5) is 16.0. The molecule has 6 nitrogen and oxygen atoms in total. The molecule has 1 aromatic carbocycles. The second kappa shape index (κ2) is 7.14. The van der Waals surface area contributed by atoms with E-state index in [1.807, 2.05) is 12.1 Å². The van der Waals surface area contributed by atoms with E-state index in [0.29, 0.717) is 30.2 Å². The lowest BCUT2D eigenvalue weighted by atomic mass is 10.2. The number of anilines is 2. The molecule has 0 unspecified atom stereocenters. The van der Waals surface area contributed by atoms with E-state index in [4.69, 9.17) is 10.5 Å². The van der Waals surface area contributed by atoms with Crippen LogP contribution in [0, 0.1) is 0 Å². The number of para-hydroxylation sites is 1. The number of methoxy groups -OCH3 is 1. The van der Waals surface area contributed by atoms with Crippen molar-refractivity contribution in [3.63, 3.8) is 0 Å². The number of aromatic nitrogens is 1. The third-order valence-corrected chi connectivity index (χ3v) is 2.88. The molecule has 21 heavy (non-hydrogen) atoms. The molecule has 110 valence electrons. The highest BCUT2D eigenvalue weighted by Gasteiger charge is 2.10.